The number of rotatable bonds is 5. The van der Waals surface area contributed by atoms with Crippen molar-refractivity contribution in [2.24, 2.45) is 5.73 Å². The maximum atomic E-state index is 13.1. The van der Waals surface area contributed by atoms with Gasteiger partial charge in [0.1, 0.15) is 17.3 Å². The van der Waals surface area contributed by atoms with Crippen LogP contribution in [-0.2, 0) is 6.42 Å². The Morgan fingerprint density at radius 2 is 2.00 bits per heavy atom. The van der Waals surface area contributed by atoms with Gasteiger partial charge in [-0.3, -0.25) is 0 Å². The summed E-state index contributed by atoms with van der Waals surface area (Å²) in [7, 11) is 0. The Bertz CT molecular complexity index is 636. The summed E-state index contributed by atoms with van der Waals surface area (Å²) in [4.78, 5) is 0. The molecule has 0 aromatic heterocycles. The van der Waals surface area contributed by atoms with Gasteiger partial charge in [0.05, 0.1) is 4.47 Å². The first-order chi connectivity index (χ1) is 9.99. The Labute approximate surface area is 137 Å². The lowest BCUT2D eigenvalue weighted by atomic mass is 10.0. The molecule has 2 aromatic rings. The molecule has 2 N–H and O–H groups in total. The van der Waals surface area contributed by atoms with Crippen molar-refractivity contribution in [2.45, 2.75) is 25.8 Å². The highest BCUT2D eigenvalue weighted by Gasteiger charge is 2.11. The van der Waals surface area contributed by atoms with Gasteiger partial charge < -0.3 is 10.5 Å². The molecule has 2 nitrogen and oxygen atoms in total. The van der Waals surface area contributed by atoms with Crippen LogP contribution in [0.2, 0.25) is 5.02 Å². The smallest absolute Gasteiger partial charge is 0.141 e. The van der Waals surface area contributed by atoms with Crippen LogP contribution in [0.3, 0.4) is 0 Å². The number of hydrogen-bond donors (Lipinski definition) is 1. The molecule has 0 bridgehead atoms. The van der Waals surface area contributed by atoms with Crippen molar-refractivity contribution in [3.8, 4) is 11.5 Å². The number of ether oxygens (including phenoxy) is 1. The zero-order valence-corrected chi connectivity index (χ0v) is 13.9. The van der Waals surface area contributed by atoms with Crippen LogP contribution in [0.1, 0.15) is 18.9 Å². The summed E-state index contributed by atoms with van der Waals surface area (Å²) in [5.41, 5.74) is 6.98. The van der Waals surface area contributed by atoms with E-state index in [4.69, 9.17) is 22.1 Å². The van der Waals surface area contributed by atoms with Crippen molar-refractivity contribution in [1.29, 1.82) is 0 Å². The molecule has 0 saturated heterocycles. The second kappa shape index (κ2) is 7.25. The van der Waals surface area contributed by atoms with E-state index in [2.05, 4.69) is 15.9 Å². The average molecular weight is 373 g/mol. The summed E-state index contributed by atoms with van der Waals surface area (Å²) in [6, 6.07) is 9.81. The maximum absolute atomic E-state index is 13.1. The third kappa shape index (κ3) is 4.43. The first-order valence-corrected chi connectivity index (χ1v) is 7.83. The highest BCUT2D eigenvalue weighted by atomic mass is 79.9. The van der Waals surface area contributed by atoms with Gasteiger partial charge in [-0.15, -0.1) is 0 Å². The van der Waals surface area contributed by atoms with Crippen LogP contribution in [0, 0.1) is 5.82 Å². The van der Waals surface area contributed by atoms with E-state index in [1.807, 2.05) is 19.1 Å². The van der Waals surface area contributed by atoms with Gasteiger partial charge in [-0.25, -0.2) is 4.39 Å². The van der Waals surface area contributed by atoms with Gasteiger partial charge >= 0.3 is 0 Å². The summed E-state index contributed by atoms with van der Waals surface area (Å²) in [6.45, 7) is 2.04. The number of hydrogen-bond acceptors (Lipinski definition) is 2. The van der Waals surface area contributed by atoms with E-state index in [1.165, 1.54) is 12.1 Å². The molecule has 21 heavy (non-hydrogen) atoms. The van der Waals surface area contributed by atoms with Crippen molar-refractivity contribution >= 4 is 27.5 Å². The Balaban J connectivity index is 2.31. The van der Waals surface area contributed by atoms with E-state index in [1.54, 1.807) is 12.1 Å². The number of nitrogens with two attached hydrogens (primary N) is 1. The SMILES string of the molecule is CCC(N)Cc1ccc(Cl)cc1Oc1ccc(F)cc1Br. The van der Waals surface area contributed by atoms with Crippen molar-refractivity contribution in [1.82, 2.24) is 0 Å². The predicted molar refractivity (Wildman–Crippen MR) is 87.6 cm³/mol. The molecule has 0 aliphatic carbocycles. The highest BCUT2D eigenvalue weighted by Crippen LogP contribution is 2.34. The second-order valence-corrected chi connectivity index (χ2v) is 6.09. The molecule has 5 heteroatoms. The first kappa shape index (κ1) is 16.3. The van der Waals surface area contributed by atoms with Crippen molar-refractivity contribution in [3.63, 3.8) is 0 Å². The van der Waals surface area contributed by atoms with Crippen molar-refractivity contribution < 1.29 is 9.13 Å². The lowest BCUT2D eigenvalue weighted by molar-refractivity contribution is 0.467. The fourth-order valence-electron chi connectivity index (χ4n) is 1.90. The predicted octanol–water partition coefficient (Wildman–Crippen LogP) is 5.31. The van der Waals surface area contributed by atoms with Gasteiger partial charge in [0, 0.05) is 11.1 Å². The molecule has 2 aromatic carbocycles. The summed E-state index contributed by atoms with van der Waals surface area (Å²) < 4.78 is 19.5. The Morgan fingerprint density at radius 1 is 1.24 bits per heavy atom. The third-order valence-corrected chi connectivity index (χ3v) is 4.00. The zero-order valence-electron chi connectivity index (χ0n) is 11.6. The van der Waals surface area contributed by atoms with E-state index >= 15 is 0 Å². The first-order valence-electron chi connectivity index (χ1n) is 6.66. The van der Waals surface area contributed by atoms with Crippen LogP contribution in [0.4, 0.5) is 4.39 Å². The fourth-order valence-corrected chi connectivity index (χ4v) is 2.49. The largest absolute Gasteiger partial charge is 0.456 e. The van der Waals surface area contributed by atoms with E-state index in [0.29, 0.717) is 27.4 Å². The van der Waals surface area contributed by atoms with Gasteiger partial charge in [-0.05, 0) is 64.7 Å². The molecule has 0 aliphatic rings. The molecule has 0 aliphatic heterocycles. The lowest BCUT2D eigenvalue weighted by Gasteiger charge is -2.15. The molecule has 0 radical (unpaired) electrons. The molecular weight excluding hydrogens is 357 g/mol. The lowest BCUT2D eigenvalue weighted by Crippen LogP contribution is -2.21. The van der Waals surface area contributed by atoms with E-state index in [0.717, 1.165) is 12.0 Å². The zero-order chi connectivity index (χ0) is 15.4. The Kier molecular flexibility index (Phi) is 5.62. The standard InChI is InChI=1S/C16H16BrClFNO/c1-2-13(20)7-10-3-4-11(18)8-16(10)21-15-6-5-12(19)9-14(15)17/h3-6,8-9,13H,2,7,20H2,1H3. The van der Waals surface area contributed by atoms with E-state index in [-0.39, 0.29) is 11.9 Å². The summed E-state index contributed by atoms with van der Waals surface area (Å²) in [5.74, 6) is 0.845. The molecule has 0 saturated carbocycles. The van der Waals surface area contributed by atoms with Gasteiger partial charge in [0.25, 0.3) is 0 Å². The van der Waals surface area contributed by atoms with Crippen LogP contribution in [-0.4, -0.2) is 6.04 Å². The molecular formula is C16H16BrClFNO. The highest BCUT2D eigenvalue weighted by molar-refractivity contribution is 9.10. The van der Waals surface area contributed by atoms with Crippen LogP contribution in [0.15, 0.2) is 40.9 Å². The third-order valence-electron chi connectivity index (χ3n) is 3.15. The van der Waals surface area contributed by atoms with Gasteiger partial charge in [0.2, 0.25) is 0 Å². The molecule has 0 fully saturated rings. The van der Waals surface area contributed by atoms with Gasteiger partial charge in [0.15, 0.2) is 0 Å². The van der Waals surface area contributed by atoms with Crippen LogP contribution >= 0.6 is 27.5 Å². The minimum Gasteiger partial charge on any atom is -0.456 e. The average Bonchev–Trinajstić information content (AvgIpc) is 2.44. The van der Waals surface area contributed by atoms with Crippen molar-refractivity contribution in [2.75, 3.05) is 0 Å². The molecule has 0 heterocycles. The Hall–Kier alpha value is -1.10. The monoisotopic (exact) mass is 371 g/mol. The number of halogens is 3. The molecule has 112 valence electrons. The number of benzene rings is 2. The van der Waals surface area contributed by atoms with Crippen LogP contribution < -0.4 is 10.5 Å². The fraction of sp³-hybridized carbons (Fsp3) is 0.250. The van der Waals surface area contributed by atoms with Gasteiger partial charge in [-0.2, -0.15) is 0 Å². The van der Waals surface area contributed by atoms with Crippen LogP contribution in [0.5, 0.6) is 11.5 Å². The minimum atomic E-state index is -0.325. The van der Waals surface area contributed by atoms with E-state index < -0.39 is 0 Å². The molecule has 0 spiro atoms. The van der Waals surface area contributed by atoms with Crippen molar-refractivity contribution in [3.05, 3.63) is 57.3 Å². The molecule has 1 unspecified atom stereocenters. The molecule has 2 rings (SSSR count). The maximum Gasteiger partial charge on any atom is 0.141 e. The second-order valence-electron chi connectivity index (χ2n) is 4.80. The minimum absolute atomic E-state index is 0.0604. The summed E-state index contributed by atoms with van der Waals surface area (Å²) in [5, 5.41) is 0.581. The quantitative estimate of drug-likeness (QED) is 0.771. The summed E-state index contributed by atoms with van der Waals surface area (Å²) in [6.07, 6.45) is 1.57. The Morgan fingerprint density at radius 3 is 2.67 bits per heavy atom. The van der Waals surface area contributed by atoms with E-state index in [9.17, 15) is 4.39 Å². The topological polar surface area (TPSA) is 35.2 Å². The molecule has 1 atom stereocenters. The summed E-state index contributed by atoms with van der Waals surface area (Å²) >= 11 is 9.33. The van der Waals surface area contributed by atoms with Gasteiger partial charge in [-0.1, -0.05) is 24.6 Å². The van der Waals surface area contributed by atoms with Crippen LogP contribution in [0.25, 0.3) is 0 Å². The molecule has 0 amide bonds. The normalized spacial score (nSPS) is 12.2.